The van der Waals surface area contributed by atoms with Crippen LogP contribution in [0.1, 0.15) is 25.3 Å². The van der Waals surface area contributed by atoms with E-state index in [-0.39, 0.29) is 11.9 Å². The maximum absolute atomic E-state index is 12.5. The number of nitrogens with zero attached hydrogens (tertiary/aromatic N) is 1. The van der Waals surface area contributed by atoms with E-state index in [2.05, 4.69) is 21.2 Å². The van der Waals surface area contributed by atoms with E-state index in [1.165, 1.54) is 0 Å². The van der Waals surface area contributed by atoms with Crippen LogP contribution < -0.4 is 10.2 Å². The number of benzene rings is 1. The zero-order valence-corrected chi connectivity index (χ0v) is 13.5. The molecular weight excluding hydrogens is 328 g/mol. The molecule has 104 valence electrons. The van der Waals surface area contributed by atoms with Crippen molar-refractivity contribution in [3.8, 4) is 0 Å². The minimum atomic E-state index is -0.0780. The second-order valence-corrected chi connectivity index (χ2v) is 6.06. The lowest BCUT2D eigenvalue weighted by molar-refractivity contribution is -0.121. The van der Waals surface area contributed by atoms with Gasteiger partial charge in [-0.1, -0.05) is 18.5 Å². The van der Waals surface area contributed by atoms with Crippen molar-refractivity contribution in [2.24, 2.45) is 0 Å². The van der Waals surface area contributed by atoms with Crippen molar-refractivity contribution in [1.29, 1.82) is 0 Å². The smallest absolute Gasteiger partial charge is 0.244 e. The van der Waals surface area contributed by atoms with Gasteiger partial charge in [0.15, 0.2) is 0 Å². The summed E-state index contributed by atoms with van der Waals surface area (Å²) >= 11 is 9.71. The topological polar surface area (TPSA) is 32.3 Å². The third-order valence-corrected chi connectivity index (χ3v) is 4.45. The highest BCUT2D eigenvalue weighted by atomic mass is 79.9. The molecule has 3 nitrogen and oxygen atoms in total. The SMILES string of the molecule is CCNC1CCCN(c2cc(Cl)c(C)cc2Br)C1=O. The number of halogens is 2. The molecule has 1 atom stereocenters. The molecule has 1 heterocycles. The van der Waals surface area contributed by atoms with Crippen molar-refractivity contribution in [1.82, 2.24) is 5.32 Å². The largest absolute Gasteiger partial charge is 0.310 e. The van der Waals surface area contributed by atoms with E-state index >= 15 is 0 Å². The number of carbonyl (C=O) groups is 1. The molecule has 1 aliphatic heterocycles. The number of aryl methyl sites for hydroxylation is 1. The summed E-state index contributed by atoms with van der Waals surface area (Å²) in [5, 5.41) is 3.93. The summed E-state index contributed by atoms with van der Waals surface area (Å²) in [5.74, 6) is 0.133. The average Bonchev–Trinajstić information content (AvgIpc) is 2.37. The molecular formula is C14H18BrClN2O. The van der Waals surface area contributed by atoms with E-state index < -0.39 is 0 Å². The summed E-state index contributed by atoms with van der Waals surface area (Å²) in [5.41, 5.74) is 1.87. The van der Waals surface area contributed by atoms with Crippen LogP contribution in [0.5, 0.6) is 0 Å². The Morgan fingerprint density at radius 1 is 1.53 bits per heavy atom. The van der Waals surface area contributed by atoms with Gasteiger partial charge in [-0.25, -0.2) is 0 Å². The molecule has 1 aromatic carbocycles. The minimum absolute atomic E-state index is 0.0780. The molecule has 1 amide bonds. The molecule has 1 aromatic rings. The lowest BCUT2D eigenvalue weighted by atomic mass is 10.0. The minimum Gasteiger partial charge on any atom is -0.310 e. The van der Waals surface area contributed by atoms with E-state index in [1.54, 1.807) is 0 Å². The van der Waals surface area contributed by atoms with E-state index in [0.29, 0.717) is 5.02 Å². The summed E-state index contributed by atoms with van der Waals surface area (Å²) in [6.07, 6.45) is 1.90. The van der Waals surface area contributed by atoms with Crippen LogP contribution >= 0.6 is 27.5 Å². The van der Waals surface area contributed by atoms with Crippen LogP contribution in [0.15, 0.2) is 16.6 Å². The van der Waals surface area contributed by atoms with Crippen molar-refractivity contribution in [2.75, 3.05) is 18.0 Å². The molecule has 1 aliphatic rings. The highest BCUT2D eigenvalue weighted by Crippen LogP contribution is 2.33. The molecule has 1 unspecified atom stereocenters. The third kappa shape index (κ3) is 3.12. The molecule has 0 aromatic heterocycles. The van der Waals surface area contributed by atoms with Gasteiger partial charge in [-0.2, -0.15) is 0 Å². The Balaban J connectivity index is 2.30. The second-order valence-electron chi connectivity index (χ2n) is 4.80. The number of rotatable bonds is 3. The fraction of sp³-hybridized carbons (Fsp3) is 0.500. The average molecular weight is 346 g/mol. The van der Waals surface area contributed by atoms with Crippen molar-refractivity contribution >= 4 is 39.1 Å². The van der Waals surface area contributed by atoms with Crippen molar-refractivity contribution in [2.45, 2.75) is 32.7 Å². The summed E-state index contributed by atoms with van der Waals surface area (Å²) < 4.78 is 0.917. The Bertz CT molecular complexity index is 491. The van der Waals surface area contributed by atoms with Crippen LogP contribution in [0.25, 0.3) is 0 Å². The number of likely N-dealkylation sites (N-methyl/N-ethyl adjacent to an activating group) is 1. The Labute approximate surface area is 127 Å². The molecule has 0 spiro atoms. The van der Waals surface area contributed by atoms with Gasteiger partial charge in [0.2, 0.25) is 5.91 Å². The summed E-state index contributed by atoms with van der Waals surface area (Å²) in [6.45, 7) is 5.53. The lowest BCUT2D eigenvalue weighted by Gasteiger charge is -2.33. The van der Waals surface area contributed by atoms with Crippen molar-refractivity contribution < 1.29 is 4.79 Å². The van der Waals surface area contributed by atoms with E-state index in [0.717, 1.165) is 41.7 Å². The number of nitrogens with one attached hydrogen (secondary N) is 1. The standard InChI is InChI=1S/C14H18BrClN2O/c1-3-17-12-5-4-6-18(14(12)19)13-8-11(16)9(2)7-10(13)15/h7-8,12,17H,3-6H2,1-2H3. The highest BCUT2D eigenvalue weighted by Gasteiger charge is 2.30. The van der Waals surface area contributed by atoms with Crippen LogP contribution in [-0.2, 0) is 4.79 Å². The van der Waals surface area contributed by atoms with Crippen LogP contribution in [0, 0.1) is 6.92 Å². The van der Waals surface area contributed by atoms with Crippen LogP contribution in [0.3, 0.4) is 0 Å². The molecule has 2 rings (SSSR count). The zero-order valence-electron chi connectivity index (χ0n) is 11.2. The summed E-state index contributed by atoms with van der Waals surface area (Å²) in [4.78, 5) is 14.3. The number of hydrogen-bond donors (Lipinski definition) is 1. The van der Waals surface area contributed by atoms with Gasteiger partial charge >= 0.3 is 0 Å². The number of amides is 1. The van der Waals surface area contributed by atoms with Gasteiger partial charge in [0.1, 0.15) is 0 Å². The molecule has 1 N–H and O–H groups in total. The van der Waals surface area contributed by atoms with Crippen LogP contribution in [0.2, 0.25) is 5.02 Å². The summed E-state index contributed by atoms with van der Waals surface area (Å²) in [6, 6.07) is 3.75. The quantitative estimate of drug-likeness (QED) is 0.909. The van der Waals surface area contributed by atoms with Crippen LogP contribution in [0.4, 0.5) is 5.69 Å². The fourth-order valence-corrected chi connectivity index (χ4v) is 3.22. The molecule has 0 saturated carbocycles. The molecule has 5 heteroatoms. The third-order valence-electron chi connectivity index (χ3n) is 3.41. The molecule has 0 radical (unpaired) electrons. The van der Waals surface area contributed by atoms with Crippen molar-refractivity contribution in [3.05, 3.63) is 27.2 Å². The molecule has 1 saturated heterocycles. The van der Waals surface area contributed by atoms with E-state index in [4.69, 9.17) is 11.6 Å². The predicted octanol–water partition coefficient (Wildman–Crippen LogP) is 3.52. The summed E-state index contributed by atoms with van der Waals surface area (Å²) in [7, 11) is 0. The first-order chi connectivity index (χ1) is 9.04. The molecule has 19 heavy (non-hydrogen) atoms. The fourth-order valence-electron chi connectivity index (χ4n) is 2.39. The maximum atomic E-state index is 12.5. The van der Waals surface area contributed by atoms with E-state index in [9.17, 15) is 4.79 Å². The first kappa shape index (κ1) is 14.8. The lowest BCUT2D eigenvalue weighted by Crippen LogP contribution is -2.50. The number of piperidine rings is 1. The Morgan fingerprint density at radius 2 is 2.26 bits per heavy atom. The predicted molar refractivity (Wildman–Crippen MR) is 82.9 cm³/mol. The Hall–Kier alpha value is -0.580. The van der Waals surface area contributed by atoms with Gasteiger partial charge in [-0.05, 0) is 59.9 Å². The second kappa shape index (κ2) is 6.25. The molecule has 0 bridgehead atoms. The van der Waals surface area contributed by atoms with Gasteiger partial charge in [0.05, 0.1) is 11.7 Å². The van der Waals surface area contributed by atoms with Crippen LogP contribution in [-0.4, -0.2) is 25.0 Å². The number of carbonyl (C=O) groups excluding carboxylic acids is 1. The maximum Gasteiger partial charge on any atom is 0.244 e. The van der Waals surface area contributed by atoms with Gasteiger partial charge < -0.3 is 10.2 Å². The first-order valence-corrected chi connectivity index (χ1v) is 7.72. The Kier molecular flexibility index (Phi) is 4.87. The number of anilines is 1. The first-order valence-electron chi connectivity index (χ1n) is 6.55. The number of hydrogen-bond acceptors (Lipinski definition) is 2. The van der Waals surface area contributed by atoms with Gasteiger partial charge in [-0.3, -0.25) is 4.79 Å². The molecule has 1 fully saturated rings. The zero-order chi connectivity index (χ0) is 14.0. The highest BCUT2D eigenvalue weighted by molar-refractivity contribution is 9.10. The molecule has 0 aliphatic carbocycles. The monoisotopic (exact) mass is 344 g/mol. The van der Waals surface area contributed by atoms with Crippen molar-refractivity contribution in [3.63, 3.8) is 0 Å². The van der Waals surface area contributed by atoms with Gasteiger partial charge in [0, 0.05) is 16.0 Å². The van der Waals surface area contributed by atoms with Gasteiger partial charge in [0.25, 0.3) is 0 Å². The normalized spacial score (nSPS) is 19.9. The Morgan fingerprint density at radius 3 is 2.95 bits per heavy atom. The van der Waals surface area contributed by atoms with E-state index in [1.807, 2.05) is 30.9 Å². The van der Waals surface area contributed by atoms with Gasteiger partial charge in [-0.15, -0.1) is 0 Å².